The first-order valence-electron chi connectivity index (χ1n) is 11.4. The number of aryl methyl sites for hydroxylation is 1. The molecule has 0 spiro atoms. The summed E-state index contributed by atoms with van der Waals surface area (Å²) in [6.07, 6.45) is 2.75. The molecule has 0 amide bonds. The normalized spacial score (nSPS) is 15.3. The number of amidine groups is 1. The Hall–Kier alpha value is -3.29. The van der Waals surface area contributed by atoms with Crippen LogP contribution in [0.1, 0.15) is 39.2 Å². The minimum absolute atomic E-state index is 0.128. The van der Waals surface area contributed by atoms with E-state index in [4.69, 9.17) is 0 Å². The van der Waals surface area contributed by atoms with Crippen LogP contribution in [-0.4, -0.2) is 44.2 Å². The van der Waals surface area contributed by atoms with Gasteiger partial charge < -0.3 is 10.4 Å². The van der Waals surface area contributed by atoms with E-state index in [1.165, 1.54) is 29.0 Å². The van der Waals surface area contributed by atoms with Crippen LogP contribution in [-0.2, 0) is 27.8 Å². The molecule has 11 nitrogen and oxygen atoms in total. The molecule has 0 radical (unpaired) electrons. The highest BCUT2D eigenvalue weighted by molar-refractivity contribution is 7.90. The molecule has 2 aromatic heterocycles. The van der Waals surface area contributed by atoms with Crippen molar-refractivity contribution in [3.63, 3.8) is 0 Å². The molecule has 36 heavy (non-hydrogen) atoms. The standard InChI is InChI=1S/C23H27N5O6S2/c1-4-11-28(35(31)32)15-7-8-17-18(13-15)36(33,34)26-21(25-17)19-20(29)16-6-5-10-24-22(16)27(23(19)30)12-9-14(2)3/h5-8,10,13-14,29H,4,9,11-12H2,1-3H3,(H,25,26)(H,31,32). The number of sulfonamides is 1. The maximum absolute atomic E-state index is 13.5. The average molecular weight is 534 g/mol. The summed E-state index contributed by atoms with van der Waals surface area (Å²) in [5, 5.41) is 14.1. The van der Waals surface area contributed by atoms with Crippen LogP contribution in [0.2, 0.25) is 0 Å². The van der Waals surface area contributed by atoms with Gasteiger partial charge in [-0.15, -0.1) is 4.40 Å². The smallest absolute Gasteiger partial charge is 0.286 e. The minimum atomic E-state index is -4.32. The SMILES string of the molecule is CCCN(c1ccc2c(c1)S(=O)(=O)N=C(c1c(O)c3cccnc3n(CCC(C)C)c1=O)N2)S(=O)O. The molecule has 1 aromatic carbocycles. The van der Waals surface area contributed by atoms with E-state index >= 15 is 0 Å². The summed E-state index contributed by atoms with van der Waals surface area (Å²) in [4.78, 5) is 17.6. The lowest BCUT2D eigenvalue weighted by molar-refractivity contribution is 0.473. The Labute approximate surface area is 211 Å². The molecule has 1 aliphatic heterocycles. The number of aromatic nitrogens is 2. The third kappa shape index (κ3) is 4.73. The van der Waals surface area contributed by atoms with Gasteiger partial charge in [-0.1, -0.05) is 20.8 Å². The van der Waals surface area contributed by atoms with Crippen LogP contribution >= 0.6 is 0 Å². The molecule has 1 aliphatic rings. The highest BCUT2D eigenvalue weighted by atomic mass is 32.2. The molecular formula is C23H27N5O6S2. The number of nitrogens with zero attached hydrogens (tertiary/aromatic N) is 4. The summed E-state index contributed by atoms with van der Waals surface area (Å²) in [6.45, 7) is 6.41. The maximum atomic E-state index is 13.5. The molecule has 3 aromatic rings. The van der Waals surface area contributed by atoms with Gasteiger partial charge in [-0.2, -0.15) is 8.42 Å². The van der Waals surface area contributed by atoms with Crippen LogP contribution in [0.5, 0.6) is 5.75 Å². The highest BCUT2D eigenvalue weighted by Crippen LogP contribution is 2.34. The van der Waals surface area contributed by atoms with Crippen LogP contribution in [0.15, 0.2) is 50.6 Å². The second kappa shape index (κ2) is 9.99. The van der Waals surface area contributed by atoms with Gasteiger partial charge in [0.1, 0.15) is 21.9 Å². The topological polar surface area (TPSA) is 154 Å². The molecule has 1 unspecified atom stereocenters. The second-order valence-electron chi connectivity index (χ2n) is 8.79. The van der Waals surface area contributed by atoms with Crippen molar-refractivity contribution >= 4 is 49.5 Å². The van der Waals surface area contributed by atoms with E-state index in [1.54, 1.807) is 12.1 Å². The van der Waals surface area contributed by atoms with E-state index in [-0.39, 0.29) is 34.2 Å². The molecule has 0 fully saturated rings. The van der Waals surface area contributed by atoms with Crippen LogP contribution in [0.4, 0.5) is 11.4 Å². The Bertz CT molecular complexity index is 1550. The molecule has 3 N–H and O–H groups in total. The van der Waals surface area contributed by atoms with Crippen LogP contribution in [0.25, 0.3) is 11.0 Å². The van der Waals surface area contributed by atoms with Gasteiger partial charge in [0.2, 0.25) is 0 Å². The summed E-state index contributed by atoms with van der Waals surface area (Å²) in [7, 11) is -4.32. The van der Waals surface area contributed by atoms with Crippen molar-refractivity contribution in [2.75, 3.05) is 16.2 Å². The zero-order valence-corrected chi connectivity index (χ0v) is 21.6. The lowest BCUT2D eigenvalue weighted by Gasteiger charge is -2.23. The van der Waals surface area contributed by atoms with E-state index < -0.39 is 32.6 Å². The van der Waals surface area contributed by atoms with Crippen LogP contribution in [0, 0.1) is 5.92 Å². The molecule has 0 saturated heterocycles. The Morgan fingerprint density at radius 1 is 1.25 bits per heavy atom. The number of aromatic hydroxyl groups is 1. The first kappa shape index (κ1) is 25.8. The number of pyridine rings is 2. The van der Waals surface area contributed by atoms with Gasteiger partial charge in [0, 0.05) is 19.3 Å². The molecule has 4 rings (SSSR count). The van der Waals surface area contributed by atoms with Crippen LogP contribution in [0.3, 0.4) is 0 Å². The largest absolute Gasteiger partial charge is 0.506 e. The lowest BCUT2D eigenvalue weighted by atomic mass is 10.1. The highest BCUT2D eigenvalue weighted by Gasteiger charge is 2.31. The van der Waals surface area contributed by atoms with E-state index in [0.717, 1.165) is 4.31 Å². The summed E-state index contributed by atoms with van der Waals surface area (Å²) < 4.78 is 54.0. The van der Waals surface area contributed by atoms with Crippen molar-refractivity contribution in [2.24, 2.45) is 10.3 Å². The van der Waals surface area contributed by atoms with E-state index in [9.17, 15) is 27.1 Å². The third-order valence-corrected chi connectivity index (χ3v) is 7.86. The third-order valence-electron chi connectivity index (χ3n) is 5.77. The average Bonchev–Trinajstić information content (AvgIpc) is 2.82. The molecule has 1 atom stereocenters. The number of benzene rings is 1. The summed E-state index contributed by atoms with van der Waals surface area (Å²) in [5.74, 6) is -0.437. The summed E-state index contributed by atoms with van der Waals surface area (Å²) in [6, 6.07) is 7.40. The summed E-state index contributed by atoms with van der Waals surface area (Å²) >= 11 is -2.35. The number of hydrogen-bond acceptors (Lipinski definition) is 7. The van der Waals surface area contributed by atoms with Gasteiger partial charge in [0.05, 0.1) is 16.8 Å². The minimum Gasteiger partial charge on any atom is -0.506 e. The van der Waals surface area contributed by atoms with Crippen molar-refractivity contribution in [1.82, 2.24) is 9.55 Å². The quantitative estimate of drug-likeness (QED) is 0.373. The van der Waals surface area contributed by atoms with Crippen molar-refractivity contribution in [3.8, 4) is 5.75 Å². The Morgan fingerprint density at radius 3 is 2.67 bits per heavy atom. The van der Waals surface area contributed by atoms with Gasteiger partial charge in [-0.05, 0) is 49.1 Å². The molecular weight excluding hydrogens is 506 g/mol. The van der Waals surface area contributed by atoms with Crippen molar-refractivity contribution in [2.45, 2.75) is 45.1 Å². The van der Waals surface area contributed by atoms with Gasteiger partial charge in [-0.3, -0.25) is 18.2 Å². The van der Waals surface area contributed by atoms with Crippen LogP contribution < -0.4 is 15.2 Å². The number of nitrogens with one attached hydrogen (secondary N) is 1. The van der Waals surface area contributed by atoms with Gasteiger partial charge in [0.15, 0.2) is 5.84 Å². The van der Waals surface area contributed by atoms with E-state index in [0.29, 0.717) is 36.3 Å². The fourth-order valence-corrected chi connectivity index (χ4v) is 5.76. The summed E-state index contributed by atoms with van der Waals surface area (Å²) in [5.41, 5.74) is -0.243. The van der Waals surface area contributed by atoms with E-state index in [2.05, 4.69) is 14.7 Å². The fourth-order valence-electron chi connectivity index (χ4n) is 3.98. The van der Waals surface area contributed by atoms with Gasteiger partial charge >= 0.3 is 0 Å². The molecule has 13 heteroatoms. The molecule has 192 valence electrons. The van der Waals surface area contributed by atoms with Crippen molar-refractivity contribution < 1.29 is 22.3 Å². The predicted molar refractivity (Wildman–Crippen MR) is 139 cm³/mol. The second-order valence-corrected chi connectivity index (χ2v) is 11.3. The number of fused-ring (bicyclic) bond motifs is 2. The number of hydrogen-bond donors (Lipinski definition) is 3. The Kier molecular flexibility index (Phi) is 7.16. The molecule has 0 aliphatic carbocycles. The number of anilines is 2. The number of rotatable bonds is 8. The fraction of sp³-hybridized carbons (Fsp3) is 0.348. The van der Waals surface area contributed by atoms with Gasteiger partial charge in [-0.25, -0.2) is 9.19 Å². The molecule has 3 heterocycles. The first-order valence-corrected chi connectivity index (χ1v) is 13.9. The van der Waals surface area contributed by atoms with E-state index in [1.807, 2.05) is 20.8 Å². The first-order chi connectivity index (χ1) is 17.0. The van der Waals surface area contributed by atoms with Gasteiger partial charge in [0.25, 0.3) is 26.8 Å². The Morgan fingerprint density at radius 2 is 2.00 bits per heavy atom. The zero-order chi connectivity index (χ0) is 26.2. The van der Waals surface area contributed by atoms with Crippen molar-refractivity contribution in [1.29, 1.82) is 0 Å². The monoisotopic (exact) mass is 533 g/mol. The lowest BCUT2D eigenvalue weighted by Crippen LogP contribution is -2.33. The maximum Gasteiger partial charge on any atom is 0.286 e. The van der Waals surface area contributed by atoms with Crippen molar-refractivity contribution in [3.05, 3.63) is 52.4 Å². The molecule has 0 saturated carbocycles. The molecule has 0 bridgehead atoms. The predicted octanol–water partition coefficient (Wildman–Crippen LogP) is 3.06. The zero-order valence-electron chi connectivity index (χ0n) is 20.0. The Balaban J connectivity index is 1.87.